The van der Waals surface area contributed by atoms with Crippen LogP contribution in [0.5, 0.6) is 0 Å². The van der Waals surface area contributed by atoms with Crippen LogP contribution in [0.15, 0.2) is 18.2 Å². The first-order valence-electron chi connectivity index (χ1n) is 3.75. The predicted octanol–water partition coefficient (Wildman–Crippen LogP) is 2.96. The van der Waals surface area contributed by atoms with Gasteiger partial charge in [-0.1, -0.05) is 17.7 Å². The van der Waals surface area contributed by atoms with Crippen LogP contribution in [-0.2, 0) is 11.2 Å². The molecule has 1 rings (SSSR count). The van der Waals surface area contributed by atoms with E-state index in [1.54, 1.807) is 6.07 Å². The van der Waals surface area contributed by atoms with E-state index >= 15 is 0 Å². The van der Waals surface area contributed by atoms with Gasteiger partial charge in [0.05, 0.1) is 5.02 Å². The van der Waals surface area contributed by atoms with Gasteiger partial charge in [0.15, 0.2) is 0 Å². The van der Waals surface area contributed by atoms with Gasteiger partial charge in [-0.05, 0) is 46.7 Å². The number of aryl methyl sites for hydroxylation is 1. The van der Waals surface area contributed by atoms with Crippen LogP contribution in [0.3, 0.4) is 0 Å². The highest BCUT2D eigenvalue weighted by atomic mass is 127. The van der Waals surface area contributed by atoms with Crippen LogP contribution in [0.2, 0.25) is 5.02 Å². The van der Waals surface area contributed by atoms with Crippen LogP contribution in [0.25, 0.3) is 0 Å². The number of carboxylic acids is 1. The van der Waals surface area contributed by atoms with Crippen molar-refractivity contribution in [1.29, 1.82) is 0 Å². The number of halogens is 2. The highest BCUT2D eigenvalue weighted by Crippen LogP contribution is 2.19. The molecule has 0 aromatic heterocycles. The average molecular weight is 311 g/mol. The van der Waals surface area contributed by atoms with Gasteiger partial charge in [0.25, 0.3) is 0 Å². The lowest BCUT2D eigenvalue weighted by molar-refractivity contribution is -0.136. The minimum atomic E-state index is -0.773. The van der Waals surface area contributed by atoms with E-state index in [9.17, 15) is 4.79 Å². The monoisotopic (exact) mass is 310 g/mol. The second-order valence-electron chi connectivity index (χ2n) is 2.64. The molecular weight excluding hydrogens is 302 g/mol. The van der Waals surface area contributed by atoms with Crippen molar-refractivity contribution in [2.45, 2.75) is 12.8 Å². The molecule has 4 heteroatoms. The Kier molecular flexibility index (Phi) is 3.99. The van der Waals surface area contributed by atoms with E-state index in [1.165, 1.54) is 0 Å². The maximum Gasteiger partial charge on any atom is 0.303 e. The first-order chi connectivity index (χ1) is 6.09. The molecule has 0 fully saturated rings. The van der Waals surface area contributed by atoms with Crippen molar-refractivity contribution in [3.05, 3.63) is 32.4 Å². The number of hydrogen-bond donors (Lipinski definition) is 1. The van der Waals surface area contributed by atoms with Gasteiger partial charge in [0.2, 0.25) is 0 Å². The van der Waals surface area contributed by atoms with Crippen molar-refractivity contribution >= 4 is 40.2 Å². The van der Waals surface area contributed by atoms with Gasteiger partial charge < -0.3 is 5.11 Å². The van der Waals surface area contributed by atoms with Crippen molar-refractivity contribution in [2.75, 3.05) is 0 Å². The summed E-state index contributed by atoms with van der Waals surface area (Å²) in [5.74, 6) is -0.773. The zero-order chi connectivity index (χ0) is 9.84. The Morgan fingerprint density at radius 3 is 2.77 bits per heavy atom. The summed E-state index contributed by atoms with van der Waals surface area (Å²) in [4.78, 5) is 10.3. The van der Waals surface area contributed by atoms with Gasteiger partial charge in [0.1, 0.15) is 0 Å². The van der Waals surface area contributed by atoms with Gasteiger partial charge >= 0.3 is 5.97 Å². The lowest BCUT2D eigenvalue weighted by atomic mass is 10.1. The average Bonchev–Trinajstić information content (AvgIpc) is 2.07. The van der Waals surface area contributed by atoms with Gasteiger partial charge in [-0.25, -0.2) is 0 Å². The zero-order valence-corrected chi connectivity index (χ0v) is 9.67. The molecule has 0 bridgehead atoms. The van der Waals surface area contributed by atoms with E-state index in [0.29, 0.717) is 11.4 Å². The number of carboxylic acid groups (broad SMARTS) is 1. The molecule has 0 aliphatic rings. The van der Waals surface area contributed by atoms with Crippen LogP contribution in [0.4, 0.5) is 0 Å². The Bertz CT molecular complexity index is 325. The largest absolute Gasteiger partial charge is 0.481 e. The van der Waals surface area contributed by atoms with E-state index in [1.807, 2.05) is 12.1 Å². The Hall–Kier alpha value is -0.290. The summed E-state index contributed by atoms with van der Waals surface area (Å²) in [6, 6.07) is 5.56. The van der Waals surface area contributed by atoms with Crippen molar-refractivity contribution in [1.82, 2.24) is 0 Å². The molecule has 0 aliphatic carbocycles. The fourth-order valence-corrected chi connectivity index (χ4v) is 1.64. The highest BCUT2D eigenvalue weighted by Gasteiger charge is 2.01. The number of hydrogen-bond acceptors (Lipinski definition) is 1. The molecular formula is C9H8ClIO2. The first kappa shape index (κ1) is 10.8. The summed E-state index contributed by atoms with van der Waals surface area (Å²) in [5.41, 5.74) is 1.01. The van der Waals surface area contributed by atoms with Crippen LogP contribution in [-0.4, -0.2) is 11.1 Å². The Morgan fingerprint density at radius 1 is 1.54 bits per heavy atom. The molecule has 0 saturated carbocycles. The van der Waals surface area contributed by atoms with Crippen molar-refractivity contribution in [2.24, 2.45) is 0 Å². The predicted molar refractivity (Wildman–Crippen MR) is 60.1 cm³/mol. The summed E-state index contributed by atoms with van der Waals surface area (Å²) in [6.07, 6.45) is 0.722. The molecule has 0 heterocycles. The second kappa shape index (κ2) is 4.81. The van der Waals surface area contributed by atoms with Crippen LogP contribution >= 0.6 is 34.2 Å². The molecule has 13 heavy (non-hydrogen) atoms. The second-order valence-corrected chi connectivity index (χ2v) is 4.21. The Balaban J connectivity index is 2.68. The van der Waals surface area contributed by atoms with Crippen LogP contribution < -0.4 is 0 Å². The quantitative estimate of drug-likeness (QED) is 0.872. The summed E-state index contributed by atoms with van der Waals surface area (Å²) in [5, 5.41) is 9.18. The maximum absolute atomic E-state index is 10.3. The molecule has 0 unspecified atom stereocenters. The smallest absolute Gasteiger partial charge is 0.303 e. The molecule has 70 valence electrons. The molecule has 1 N–H and O–H groups in total. The van der Waals surface area contributed by atoms with E-state index in [4.69, 9.17) is 16.7 Å². The van der Waals surface area contributed by atoms with Gasteiger partial charge in [0, 0.05) is 9.99 Å². The topological polar surface area (TPSA) is 37.3 Å². The number of aliphatic carboxylic acids is 1. The molecule has 0 radical (unpaired) electrons. The third kappa shape index (κ3) is 3.52. The zero-order valence-electron chi connectivity index (χ0n) is 6.76. The number of carbonyl (C=O) groups is 1. The Morgan fingerprint density at radius 2 is 2.23 bits per heavy atom. The highest BCUT2D eigenvalue weighted by molar-refractivity contribution is 14.1. The summed E-state index contributed by atoms with van der Waals surface area (Å²) in [6.45, 7) is 0. The first-order valence-corrected chi connectivity index (χ1v) is 5.21. The van der Waals surface area contributed by atoms with Gasteiger partial charge in [-0.3, -0.25) is 4.79 Å². The molecule has 0 spiro atoms. The summed E-state index contributed by atoms with van der Waals surface area (Å²) < 4.78 is 0.960. The fourth-order valence-electron chi connectivity index (χ4n) is 0.946. The van der Waals surface area contributed by atoms with Gasteiger partial charge in [-0.15, -0.1) is 0 Å². The molecule has 0 atom stereocenters. The van der Waals surface area contributed by atoms with Crippen LogP contribution in [0.1, 0.15) is 12.0 Å². The molecule has 1 aromatic rings. The number of rotatable bonds is 3. The van der Waals surface area contributed by atoms with Crippen molar-refractivity contribution in [3.63, 3.8) is 0 Å². The maximum atomic E-state index is 10.3. The summed E-state index contributed by atoms with van der Waals surface area (Å²) in [7, 11) is 0. The standard InChI is InChI=1S/C9H8ClIO2/c10-7-3-1-6(5-8(7)11)2-4-9(12)13/h1,3,5H,2,4H2,(H,12,13). The molecule has 1 aromatic carbocycles. The van der Waals surface area contributed by atoms with Gasteiger partial charge in [-0.2, -0.15) is 0 Å². The Labute approximate surface area is 95.0 Å². The van der Waals surface area contributed by atoms with Crippen molar-refractivity contribution < 1.29 is 9.90 Å². The minimum absolute atomic E-state index is 0.164. The van der Waals surface area contributed by atoms with E-state index in [0.717, 1.165) is 9.13 Å². The third-order valence-corrected chi connectivity index (χ3v) is 3.15. The lowest BCUT2D eigenvalue weighted by Gasteiger charge is -2.00. The normalized spacial score (nSPS) is 10.0. The molecule has 0 aliphatic heterocycles. The number of benzene rings is 1. The SMILES string of the molecule is O=C(O)CCc1ccc(Cl)c(I)c1. The molecule has 0 saturated heterocycles. The van der Waals surface area contributed by atoms with E-state index < -0.39 is 5.97 Å². The van der Waals surface area contributed by atoms with E-state index in [2.05, 4.69) is 22.6 Å². The molecule has 2 nitrogen and oxygen atoms in total. The van der Waals surface area contributed by atoms with Crippen LogP contribution in [0, 0.1) is 3.57 Å². The molecule has 0 amide bonds. The fraction of sp³-hybridized carbons (Fsp3) is 0.222. The van der Waals surface area contributed by atoms with Crippen molar-refractivity contribution in [3.8, 4) is 0 Å². The third-order valence-electron chi connectivity index (χ3n) is 1.61. The minimum Gasteiger partial charge on any atom is -0.481 e. The lowest BCUT2D eigenvalue weighted by Crippen LogP contribution is -1.97. The summed E-state index contributed by atoms with van der Waals surface area (Å²) >= 11 is 7.95. The van der Waals surface area contributed by atoms with E-state index in [-0.39, 0.29) is 6.42 Å².